The number of nitrogens with zero attached hydrogens (tertiary/aromatic N) is 3. The SMILES string of the molecule is COc1cc(CC(=O)N2CCN(Cc3ccc(F)cc3Cl)CC2)ccn1. The molecule has 1 aromatic carbocycles. The van der Waals surface area contributed by atoms with Crippen LogP contribution in [0.15, 0.2) is 36.5 Å². The summed E-state index contributed by atoms with van der Waals surface area (Å²) in [6.45, 7) is 3.51. The van der Waals surface area contributed by atoms with Gasteiger partial charge < -0.3 is 9.64 Å². The number of piperazine rings is 1. The quantitative estimate of drug-likeness (QED) is 0.803. The molecule has 0 saturated carbocycles. The van der Waals surface area contributed by atoms with Gasteiger partial charge in [0.25, 0.3) is 0 Å². The molecule has 0 N–H and O–H groups in total. The Labute approximate surface area is 157 Å². The van der Waals surface area contributed by atoms with Gasteiger partial charge in [-0.05, 0) is 29.3 Å². The van der Waals surface area contributed by atoms with Gasteiger partial charge in [-0.1, -0.05) is 17.7 Å². The summed E-state index contributed by atoms with van der Waals surface area (Å²) in [5, 5.41) is 0.440. The van der Waals surface area contributed by atoms with E-state index in [2.05, 4.69) is 9.88 Å². The van der Waals surface area contributed by atoms with Crippen molar-refractivity contribution < 1.29 is 13.9 Å². The minimum Gasteiger partial charge on any atom is -0.481 e. The lowest BCUT2D eigenvalue weighted by Gasteiger charge is -2.35. The van der Waals surface area contributed by atoms with Crippen molar-refractivity contribution in [3.05, 3.63) is 58.5 Å². The molecule has 1 fully saturated rings. The lowest BCUT2D eigenvalue weighted by molar-refractivity contribution is -0.132. The van der Waals surface area contributed by atoms with E-state index < -0.39 is 0 Å². The molecule has 0 aliphatic carbocycles. The van der Waals surface area contributed by atoms with Crippen LogP contribution in [0, 0.1) is 5.82 Å². The Morgan fingerprint density at radius 2 is 2.00 bits per heavy atom. The number of methoxy groups -OCH3 is 1. The van der Waals surface area contributed by atoms with E-state index in [-0.39, 0.29) is 11.7 Å². The molecule has 1 saturated heterocycles. The third-order valence-corrected chi connectivity index (χ3v) is 4.85. The molecule has 1 aromatic heterocycles. The van der Waals surface area contributed by atoms with Crippen LogP contribution in [0.25, 0.3) is 0 Å². The number of hydrogen-bond acceptors (Lipinski definition) is 4. The van der Waals surface area contributed by atoms with E-state index in [1.165, 1.54) is 12.1 Å². The highest BCUT2D eigenvalue weighted by Crippen LogP contribution is 2.20. The fraction of sp³-hybridized carbons (Fsp3) is 0.368. The van der Waals surface area contributed by atoms with Crippen molar-refractivity contribution in [3.63, 3.8) is 0 Å². The van der Waals surface area contributed by atoms with Crippen molar-refractivity contribution in [2.45, 2.75) is 13.0 Å². The first-order valence-corrected chi connectivity index (χ1v) is 8.86. The molecule has 3 rings (SSSR count). The second-order valence-electron chi connectivity index (χ2n) is 6.28. The van der Waals surface area contributed by atoms with Crippen LogP contribution >= 0.6 is 11.6 Å². The monoisotopic (exact) mass is 377 g/mol. The van der Waals surface area contributed by atoms with Gasteiger partial charge >= 0.3 is 0 Å². The van der Waals surface area contributed by atoms with Crippen molar-refractivity contribution in [3.8, 4) is 5.88 Å². The number of carbonyl (C=O) groups is 1. The summed E-state index contributed by atoms with van der Waals surface area (Å²) in [4.78, 5) is 20.7. The van der Waals surface area contributed by atoms with Crippen LogP contribution in [0.1, 0.15) is 11.1 Å². The molecule has 1 aliphatic rings. The zero-order valence-electron chi connectivity index (χ0n) is 14.6. The van der Waals surface area contributed by atoms with Gasteiger partial charge in [-0.15, -0.1) is 0 Å². The Kier molecular flexibility index (Phi) is 6.06. The molecular weight excluding hydrogens is 357 g/mol. The van der Waals surface area contributed by atoms with Gasteiger partial charge in [0.2, 0.25) is 11.8 Å². The summed E-state index contributed by atoms with van der Waals surface area (Å²) in [6, 6.07) is 8.08. The number of ether oxygens (including phenoxy) is 1. The van der Waals surface area contributed by atoms with Crippen LogP contribution in [0.4, 0.5) is 4.39 Å². The van der Waals surface area contributed by atoms with E-state index in [9.17, 15) is 9.18 Å². The predicted molar refractivity (Wildman–Crippen MR) is 97.8 cm³/mol. The second kappa shape index (κ2) is 8.47. The molecule has 2 aromatic rings. The molecule has 0 unspecified atom stereocenters. The molecule has 138 valence electrons. The number of pyridine rings is 1. The third kappa shape index (κ3) is 4.71. The maximum absolute atomic E-state index is 13.1. The van der Waals surface area contributed by atoms with Crippen LogP contribution < -0.4 is 4.74 Å². The minimum atomic E-state index is -0.332. The molecule has 0 radical (unpaired) electrons. The number of hydrogen-bond donors (Lipinski definition) is 0. The minimum absolute atomic E-state index is 0.0951. The summed E-state index contributed by atoms with van der Waals surface area (Å²) in [5.41, 5.74) is 1.79. The van der Waals surface area contributed by atoms with E-state index in [1.807, 2.05) is 11.0 Å². The van der Waals surface area contributed by atoms with Crippen LogP contribution in [-0.4, -0.2) is 54.0 Å². The molecule has 2 heterocycles. The standard InChI is InChI=1S/C19H21ClFN3O2/c1-26-18-10-14(4-5-22-18)11-19(25)24-8-6-23(7-9-24)13-15-2-3-16(21)12-17(15)20/h2-5,10,12H,6-9,11,13H2,1H3. The number of halogens is 2. The Balaban J connectivity index is 1.52. The molecule has 0 spiro atoms. The van der Waals surface area contributed by atoms with E-state index in [0.717, 1.165) is 24.2 Å². The summed E-state index contributed by atoms with van der Waals surface area (Å²) < 4.78 is 18.2. The first kappa shape index (κ1) is 18.6. The highest BCUT2D eigenvalue weighted by molar-refractivity contribution is 6.31. The van der Waals surface area contributed by atoms with Crippen molar-refractivity contribution >= 4 is 17.5 Å². The highest BCUT2D eigenvalue weighted by Gasteiger charge is 2.22. The smallest absolute Gasteiger partial charge is 0.227 e. The Morgan fingerprint density at radius 1 is 1.23 bits per heavy atom. The van der Waals surface area contributed by atoms with Crippen LogP contribution in [-0.2, 0) is 17.8 Å². The molecule has 26 heavy (non-hydrogen) atoms. The molecule has 0 bridgehead atoms. The largest absolute Gasteiger partial charge is 0.481 e. The van der Waals surface area contributed by atoms with Gasteiger partial charge in [0.15, 0.2) is 0 Å². The Bertz CT molecular complexity index is 779. The fourth-order valence-electron chi connectivity index (χ4n) is 3.00. The van der Waals surface area contributed by atoms with Gasteiger partial charge in [-0.2, -0.15) is 0 Å². The van der Waals surface area contributed by atoms with Gasteiger partial charge in [0, 0.05) is 50.0 Å². The topological polar surface area (TPSA) is 45.7 Å². The molecule has 1 aliphatic heterocycles. The first-order valence-electron chi connectivity index (χ1n) is 8.48. The molecule has 5 nitrogen and oxygen atoms in total. The first-order chi connectivity index (χ1) is 12.5. The second-order valence-corrected chi connectivity index (χ2v) is 6.68. The molecule has 1 amide bonds. The van der Waals surface area contributed by atoms with E-state index in [4.69, 9.17) is 16.3 Å². The predicted octanol–water partition coefficient (Wildman–Crippen LogP) is 2.77. The summed E-state index contributed by atoms with van der Waals surface area (Å²) in [7, 11) is 1.56. The van der Waals surface area contributed by atoms with Gasteiger partial charge in [0.05, 0.1) is 13.5 Å². The van der Waals surface area contributed by atoms with Crippen LogP contribution in [0.2, 0.25) is 5.02 Å². The molecule has 0 atom stereocenters. The maximum atomic E-state index is 13.1. The molecule has 7 heteroatoms. The van der Waals surface area contributed by atoms with Crippen molar-refractivity contribution in [1.82, 2.24) is 14.8 Å². The summed E-state index contributed by atoms with van der Waals surface area (Å²) in [5.74, 6) is 0.274. The molecular formula is C19H21ClFN3O2. The van der Waals surface area contributed by atoms with Crippen molar-refractivity contribution in [2.75, 3.05) is 33.3 Å². The van der Waals surface area contributed by atoms with Crippen molar-refractivity contribution in [1.29, 1.82) is 0 Å². The number of carbonyl (C=O) groups excluding carboxylic acids is 1. The van der Waals surface area contributed by atoms with Gasteiger partial charge in [-0.3, -0.25) is 9.69 Å². The number of benzene rings is 1. The Hall–Kier alpha value is -2.18. The van der Waals surface area contributed by atoms with Gasteiger partial charge in [-0.25, -0.2) is 9.37 Å². The lowest BCUT2D eigenvalue weighted by atomic mass is 10.1. The summed E-state index contributed by atoms with van der Waals surface area (Å²) >= 11 is 6.10. The van der Waals surface area contributed by atoms with Gasteiger partial charge in [0.1, 0.15) is 5.82 Å². The zero-order chi connectivity index (χ0) is 18.5. The van der Waals surface area contributed by atoms with E-state index in [0.29, 0.717) is 37.0 Å². The van der Waals surface area contributed by atoms with Crippen LogP contribution in [0.5, 0.6) is 5.88 Å². The maximum Gasteiger partial charge on any atom is 0.227 e. The van der Waals surface area contributed by atoms with Crippen LogP contribution in [0.3, 0.4) is 0 Å². The van der Waals surface area contributed by atoms with E-state index >= 15 is 0 Å². The summed E-state index contributed by atoms with van der Waals surface area (Å²) in [6.07, 6.45) is 1.98. The normalized spacial score (nSPS) is 15.1. The third-order valence-electron chi connectivity index (χ3n) is 4.50. The van der Waals surface area contributed by atoms with E-state index in [1.54, 1.807) is 25.4 Å². The average molecular weight is 378 g/mol. The number of amides is 1. The lowest BCUT2D eigenvalue weighted by Crippen LogP contribution is -2.48. The zero-order valence-corrected chi connectivity index (χ0v) is 15.4. The van der Waals surface area contributed by atoms with Crippen molar-refractivity contribution in [2.24, 2.45) is 0 Å². The highest BCUT2D eigenvalue weighted by atomic mass is 35.5. The Morgan fingerprint density at radius 3 is 2.69 bits per heavy atom. The average Bonchev–Trinajstić information content (AvgIpc) is 2.64. The number of rotatable bonds is 5. The number of aromatic nitrogens is 1. The fourth-order valence-corrected chi connectivity index (χ4v) is 3.23.